The lowest BCUT2D eigenvalue weighted by molar-refractivity contribution is 0.0635. The van der Waals surface area contributed by atoms with Crippen LogP contribution in [0.2, 0.25) is 0 Å². The summed E-state index contributed by atoms with van der Waals surface area (Å²) in [5, 5.41) is 3.74. The van der Waals surface area contributed by atoms with Crippen LogP contribution in [0.5, 0.6) is 0 Å². The number of piperidine rings is 1. The third-order valence-corrected chi connectivity index (χ3v) is 6.60. The van der Waals surface area contributed by atoms with Gasteiger partial charge in [-0.3, -0.25) is 14.2 Å². The molecular weight excluding hydrogens is 420 g/mol. The molecule has 166 valence electrons. The Labute approximate surface area is 193 Å². The normalized spacial score (nSPS) is 16.1. The minimum Gasteiger partial charge on any atom is -0.336 e. The van der Waals surface area contributed by atoms with Gasteiger partial charge in [0.05, 0.1) is 6.20 Å². The lowest BCUT2D eigenvalue weighted by Crippen LogP contribution is -2.42. The van der Waals surface area contributed by atoms with Gasteiger partial charge < -0.3 is 10.2 Å². The number of hydrogen-bond donors (Lipinski definition) is 1. The van der Waals surface area contributed by atoms with Gasteiger partial charge in [-0.15, -0.1) is 0 Å². The molecule has 1 atom stereocenters. The standard InChI is InChI=1S/C25H28N4O2S/c1-17-15-19(24(31)28-14-8-7-9-18(28)2)12-13-21(17)27-23(30)22-16-26-25(32-3)29(22)20-10-5-4-6-11-20/h4-6,10-13,15-16,18H,7-9,14H2,1-3H3,(H,27,30). The lowest BCUT2D eigenvalue weighted by Gasteiger charge is -2.33. The van der Waals surface area contributed by atoms with Gasteiger partial charge in [0, 0.05) is 29.5 Å². The third-order valence-electron chi connectivity index (χ3n) is 5.94. The molecule has 32 heavy (non-hydrogen) atoms. The Kier molecular flexibility index (Phi) is 6.65. The van der Waals surface area contributed by atoms with E-state index < -0.39 is 0 Å². The van der Waals surface area contributed by atoms with E-state index in [2.05, 4.69) is 17.2 Å². The van der Waals surface area contributed by atoms with Crippen LogP contribution in [0.3, 0.4) is 0 Å². The number of hydrogen-bond acceptors (Lipinski definition) is 4. The molecule has 2 heterocycles. The van der Waals surface area contributed by atoms with Crippen LogP contribution in [0.1, 0.15) is 52.6 Å². The second-order valence-corrected chi connectivity index (χ2v) is 8.90. The zero-order valence-corrected chi connectivity index (χ0v) is 19.5. The van der Waals surface area contributed by atoms with Crippen molar-refractivity contribution in [2.24, 2.45) is 0 Å². The number of thioether (sulfide) groups is 1. The van der Waals surface area contributed by atoms with Crippen molar-refractivity contribution in [3.05, 3.63) is 71.5 Å². The fraction of sp³-hybridized carbons (Fsp3) is 0.320. The highest BCUT2D eigenvalue weighted by Crippen LogP contribution is 2.25. The van der Waals surface area contributed by atoms with Crippen LogP contribution in [-0.4, -0.2) is 45.1 Å². The van der Waals surface area contributed by atoms with Crippen LogP contribution in [-0.2, 0) is 0 Å². The molecule has 1 aliphatic heterocycles. The molecule has 0 bridgehead atoms. The lowest BCUT2D eigenvalue weighted by atomic mass is 10.0. The highest BCUT2D eigenvalue weighted by atomic mass is 32.2. The van der Waals surface area contributed by atoms with Crippen LogP contribution in [0.4, 0.5) is 5.69 Å². The maximum absolute atomic E-state index is 13.1. The van der Waals surface area contributed by atoms with Crippen molar-refractivity contribution < 1.29 is 9.59 Å². The largest absolute Gasteiger partial charge is 0.336 e. The minimum atomic E-state index is -0.242. The van der Waals surface area contributed by atoms with Crippen molar-refractivity contribution in [3.63, 3.8) is 0 Å². The molecule has 1 saturated heterocycles. The molecule has 0 radical (unpaired) electrons. The van der Waals surface area contributed by atoms with Gasteiger partial charge in [-0.1, -0.05) is 30.0 Å². The SMILES string of the molecule is CSc1ncc(C(=O)Nc2ccc(C(=O)N3CCCCC3C)cc2C)n1-c1ccccc1. The molecule has 1 aliphatic rings. The van der Waals surface area contributed by atoms with Gasteiger partial charge >= 0.3 is 0 Å². The van der Waals surface area contributed by atoms with E-state index in [1.165, 1.54) is 18.2 Å². The summed E-state index contributed by atoms with van der Waals surface area (Å²) in [7, 11) is 0. The van der Waals surface area contributed by atoms with E-state index in [1.807, 2.05) is 65.1 Å². The van der Waals surface area contributed by atoms with Crippen LogP contribution in [0.15, 0.2) is 59.9 Å². The first-order valence-corrected chi connectivity index (χ1v) is 12.1. The molecule has 0 saturated carbocycles. The number of nitrogens with zero attached hydrogens (tertiary/aromatic N) is 3. The minimum absolute atomic E-state index is 0.0601. The Morgan fingerprint density at radius 1 is 1.12 bits per heavy atom. The van der Waals surface area contributed by atoms with Crippen molar-refractivity contribution in [1.82, 2.24) is 14.5 Å². The molecule has 0 aliphatic carbocycles. The third kappa shape index (κ3) is 4.43. The molecule has 1 unspecified atom stereocenters. The van der Waals surface area contributed by atoms with Crippen LogP contribution >= 0.6 is 11.8 Å². The van der Waals surface area contributed by atoms with E-state index in [4.69, 9.17) is 0 Å². The van der Waals surface area contributed by atoms with Crippen molar-refractivity contribution >= 4 is 29.3 Å². The molecule has 6 nitrogen and oxygen atoms in total. The Hall–Kier alpha value is -3.06. The number of imidazole rings is 1. The second kappa shape index (κ2) is 9.61. The van der Waals surface area contributed by atoms with Gasteiger partial charge in [-0.05, 0) is 75.3 Å². The van der Waals surface area contributed by atoms with Gasteiger partial charge in [0.2, 0.25) is 0 Å². The number of benzene rings is 2. The van der Waals surface area contributed by atoms with Crippen LogP contribution in [0.25, 0.3) is 5.69 Å². The number of aromatic nitrogens is 2. The number of para-hydroxylation sites is 1. The highest BCUT2D eigenvalue weighted by molar-refractivity contribution is 7.98. The predicted molar refractivity (Wildman–Crippen MR) is 129 cm³/mol. The number of rotatable bonds is 5. The molecule has 1 fully saturated rings. The number of anilines is 1. The smallest absolute Gasteiger partial charge is 0.274 e. The van der Waals surface area contributed by atoms with Crippen molar-refractivity contribution in [1.29, 1.82) is 0 Å². The summed E-state index contributed by atoms with van der Waals surface area (Å²) < 4.78 is 1.85. The molecule has 0 spiro atoms. The Morgan fingerprint density at radius 3 is 2.59 bits per heavy atom. The van der Waals surface area contributed by atoms with Crippen molar-refractivity contribution in [3.8, 4) is 5.69 Å². The molecule has 1 N–H and O–H groups in total. The maximum Gasteiger partial charge on any atom is 0.274 e. The maximum atomic E-state index is 13.1. The summed E-state index contributed by atoms with van der Waals surface area (Å²) in [5.41, 5.74) is 3.54. The van der Waals surface area contributed by atoms with Gasteiger partial charge in [0.1, 0.15) is 5.69 Å². The number of nitrogens with one attached hydrogen (secondary N) is 1. The Balaban J connectivity index is 1.56. The monoisotopic (exact) mass is 448 g/mol. The summed E-state index contributed by atoms with van der Waals surface area (Å²) in [6.45, 7) is 4.82. The molecule has 3 aromatic rings. The van der Waals surface area contributed by atoms with E-state index >= 15 is 0 Å². The van der Waals surface area contributed by atoms with Crippen molar-refractivity contribution in [2.45, 2.75) is 44.3 Å². The van der Waals surface area contributed by atoms with Gasteiger partial charge in [-0.25, -0.2) is 4.98 Å². The van der Waals surface area contributed by atoms with Gasteiger partial charge in [0.15, 0.2) is 5.16 Å². The first-order chi connectivity index (χ1) is 15.5. The quantitative estimate of drug-likeness (QED) is 0.547. The molecule has 2 amide bonds. The number of likely N-dealkylation sites (tertiary alicyclic amines) is 1. The molecule has 4 rings (SSSR count). The molecule has 1 aromatic heterocycles. The average Bonchev–Trinajstić information content (AvgIpc) is 3.25. The Bertz CT molecular complexity index is 1130. The summed E-state index contributed by atoms with van der Waals surface area (Å²) in [6, 6.07) is 15.4. The summed E-state index contributed by atoms with van der Waals surface area (Å²) in [4.78, 5) is 32.5. The van der Waals surface area contributed by atoms with Crippen LogP contribution in [0, 0.1) is 6.92 Å². The highest BCUT2D eigenvalue weighted by Gasteiger charge is 2.25. The van der Waals surface area contributed by atoms with Gasteiger partial charge in [-0.2, -0.15) is 0 Å². The molecular formula is C25H28N4O2S. The number of amides is 2. The van der Waals surface area contributed by atoms with E-state index in [9.17, 15) is 9.59 Å². The Morgan fingerprint density at radius 2 is 1.91 bits per heavy atom. The first kappa shape index (κ1) is 22.1. The molecule has 2 aromatic carbocycles. The summed E-state index contributed by atoms with van der Waals surface area (Å²) in [6.07, 6.45) is 6.81. The van der Waals surface area contributed by atoms with Crippen LogP contribution < -0.4 is 5.32 Å². The number of carbonyl (C=O) groups is 2. The number of aryl methyl sites for hydroxylation is 1. The second-order valence-electron chi connectivity index (χ2n) is 8.13. The predicted octanol–water partition coefficient (Wildman–Crippen LogP) is 5.17. The average molecular weight is 449 g/mol. The number of carbonyl (C=O) groups excluding carboxylic acids is 2. The van der Waals surface area contributed by atoms with E-state index in [0.717, 1.165) is 35.8 Å². The van der Waals surface area contributed by atoms with Crippen molar-refractivity contribution in [2.75, 3.05) is 18.1 Å². The van der Waals surface area contributed by atoms with E-state index in [1.54, 1.807) is 12.3 Å². The van der Waals surface area contributed by atoms with E-state index in [-0.39, 0.29) is 17.9 Å². The first-order valence-electron chi connectivity index (χ1n) is 10.9. The van der Waals surface area contributed by atoms with E-state index in [0.29, 0.717) is 16.9 Å². The summed E-state index contributed by atoms with van der Waals surface area (Å²) in [5.74, 6) is -0.182. The zero-order valence-electron chi connectivity index (χ0n) is 18.7. The fourth-order valence-electron chi connectivity index (χ4n) is 4.15. The van der Waals surface area contributed by atoms with Gasteiger partial charge in [0.25, 0.3) is 11.8 Å². The fourth-order valence-corrected chi connectivity index (χ4v) is 4.70. The summed E-state index contributed by atoms with van der Waals surface area (Å²) >= 11 is 1.49. The molecule has 7 heteroatoms. The zero-order chi connectivity index (χ0) is 22.7. The topological polar surface area (TPSA) is 67.2 Å².